The molecular formula is C13H11F2NOS. The van der Waals surface area contributed by atoms with Crippen molar-refractivity contribution in [2.24, 2.45) is 0 Å². The van der Waals surface area contributed by atoms with E-state index in [0.717, 1.165) is 22.6 Å². The molecule has 2 rings (SSSR count). The molecule has 5 heteroatoms. The molecule has 0 aliphatic rings. The Hall–Kier alpha value is -1.75. The van der Waals surface area contributed by atoms with E-state index < -0.39 is 11.6 Å². The van der Waals surface area contributed by atoms with Gasteiger partial charge in [-0.1, -0.05) is 0 Å². The fourth-order valence-corrected chi connectivity index (χ4v) is 2.73. The van der Waals surface area contributed by atoms with E-state index in [9.17, 15) is 13.6 Å². The number of hydrogen-bond donors (Lipinski definition) is 1. The number of nitrogens with two attached hydrogens (primary N) is 1. The summed E-state index contributed by atoms with van der Waals surface area (Å²) < 4.78 is 26.1. The molecule has 1 heterocycles. The highest BCUT2D eigenvalue weighted by molar-refractivity contribution is 7.14. The Kier molecular flexibility index (Phi) is 3.17. The molecule has 2 nitrogen and oxygen atoms in total. The van der Waals surface area contributed by atoms with Gasteiger partial charge in [0.2, 0.25) is 5.78 Å². The Morgan fingerprint density at radius 2 is 1.78 bits per heavy atom. The van der Waals surface area contributed by atoms with Crippen molar-refractivity contribution in [3.05, 3.63) is 50.7 Å². The van der Waals surface area contributed by atoms with E-state index in [1.807, 2.05) is 13.0 Å². The molecule has 0 aliphatic carbocycles. The molecule has 0 unspecified atom stereocenters. The summed E-state index contributed by atoms with van der Waals surface area (Å²) in [5, 5.41) is 0. The van der Waals surface area contributed by atoms with E-state index in [1.165, 1.54) is 11.3 Å². The third-order valence-electron chi connectivity index (χ3n) is 2.58. The van der Waals surface area contributed by atoms with Crippen LogP contribution in [0.25, 0.3) is 0 Å². The molecule has 0 atom stereocenters. The zero-order valence-electron chi connectivity index (χ0n) is 9.88. The average molecular weight is 267 g/mol. The molecule has 2 N–H and O–H groups in total. The van der Waals surface area contributed by atoms with Crippen molar-refractivity contribution in [2.45, 2.75) is 13.8 Å². The fourth-order valence-electron chi connectivity index (χ4n) is 1.75. The quantitative estimate of drug-likeness (QED) is 0.669. The first-order valence-corrected chi connectivity index (χ1v) is 6.08. The van der Waals surface area contributed by atoms with Crippen molar-refractivity contribution in [2.75, 3.05) is 5.73 Å². The number of anilines is 1. The highest BCUT2D eigenvalue weighted by Crippen LogP contribution is 2.27. The van der Waals surface area contributed by atoms with E-state index in [4.69, 9.17) is 5.73 Å². The van der Waals surface area contributed by atoms with Crippen molar-refractivity contribution in [1.82, 2.24) is 0 Å². The first-order chi connectivity index (χ1) is 8.40. The Morgan fingerprint density at radius 3 is 2.33 bits per heavy atom. The average Bonchev–Trinajstić information content (AvgIpc) is 2.62. The van der Waals surface area contributed by atoms with Crippen LogP contribution in [-0.2, 0) is 0 Å². The number of carbonyl (C=O) groups excluding carboxylic acids is 1. The summed E-state index contributed by atoms with van der Waals surface area (Å²) in [4.78, 5) is 13.7. The molecule has 0 spiro atoms. The largest absolute Gasteiger partial charge is 0.398 e. The Balaban J connectivity index is 2.53. The topological polar surface area (TPSA) is 43.1 Å². The van der Waals surface area contributed by atoms with Crippen molar-refractivity contribution >= 4 is 22.8 Å². The second kappa shape index (κ2) is 4.49. The van der Waals surface area contributed by atoms with E-state index >= 15 is 0 Å². The molecule has 1 aromatic carbocycles. The van der Waals surface area contributed by atoms with Gasteiger partial charge in [-0.15, -0.1) is 11.3 Å². The summed E-state index contributed by atoms with van der Waals surface area (Å²) in [5.74, 6) is -2.50. The Morgan fingerprint density at radius 1 is 1.17 bits per heavy atom. The number of ketones is 1. The highest BCUT2D eigenvalue weighted by atomic mass is 32.1. The third-order valence-corrected chi connectivity index (χ3v) is 3.74. The van der Waals surface area contributed by atoms with Gasteiger partial charge < -0.3 is 5.73 Å². The van der Waals surface area contributed by atoms with Crippen LogP contribution in [0.3, 0.4) is 0 Å². The minimum absolute atomic E-state index is 0.00106. The maximum Gasteiger partial charge on any atom is 0.205 e. The zero-order valence-corrected chi connectivity index (χ0v) is 10.7. The van der Waals surface area contributed by atoms with Gasteiger partial charge in [0.25, 0.3) is 0 Å². The van der Waals surface area contributed by atoms with E-state index in [2.05, 4.69) is 0 Å². The van der Waals surface area contributed by atoms with Crippen LogP contribution in [0, 0.1) is 25.5 Å². The number of thiophene rings is 1. The van der Waals surface area contributed by atoms with Crippen LogP contribution in [0.5, 0.6) is 0 Å². The summed E-state index contributed by atoms with van der Waals surface area (Å²) in [5.41, 5.74) is 6.32. The summed E-state index contributed by atoms with van der Waals surface area (Å²) in [6.07, 6.45) is 0. The molecule has 0 saturated carbocycles. The summed E-state index contributed by atoms with van der Waals surface area (Å²) in [7, 11) is 0. The van der Waals surface area contributed by atoms with Gasteiger partial charge in [0, 0.05) is 22.2 Å². The first kappa shape index (κ1) is 12.7. The van der Waals surface area contributed by atoms with Crippen LogP contribution >= 0.6 is 11.3 Å². The summed E-state index contributed by atoms with van der Waals surface area (Å²) in [6, 6.07) is 3.55. The maximum absolute atomic E-state index is 13.2. The van der Waals surface area contributed by atoms with Gasteiger partial charge in [0.1, 0.15) is 0 Å². The standard InChI is InChI=1S/C13H11F2NOS/c1-6-3-7(2)18-13(6)12(17)8-4-9(14)10(15)5-11(8)16/h3-5H,16H2,1-2H3. The van der Waals surface area contributed by atoms with Crippen LogP contribution in [0.15, 0.2) is 18.2 Å². The molecule has 0 amide bonds. The number of nitrogen functional groups attached to an aromatic ring is 1. The summed E-state index contributed by atoms with van der Waals surface area (Å²) >= 11 is 1.31. The number of carbonyl (C=O) groups is 1. The van der Waals surface area contributed by atoms with Crippen LogP contribution < -0.4 is 5.73 Å². The summed E-state index contributed by atoms with van der Waals surface area (Å²) in [6.45, 7) is 3.68. The van der Waals surface area contributed by atoms with Gasteiger partial charge in [0.15, 0.2) is 11.6 Å². The minimum atomic E-state index is -1.07. The Bertz CT molecular complexity index is 634. The molecule has 0 radical (unpaired) electrons. The zero-order chi connectivity index (χ0) is 13.4. The van der Waals surface area contributed by atoms with Gasteiger partial charge >= 0.3 is 0 Å². The Labute approximate surface area is 107 Å². The van der Waals surface area contributed by atoms with Gasteiger partial charge in [-0.25, -0.2) is 8.78 Å². The van der Waals surface area contributed by atoms with Crippen LogP contribution in [0.4, 0.5) is 14.5 Å². The van der Waals surface area contributed by atoms with Crippen molar-refractivity contribution < 1.29 is 13.6 Å². The lowest BCUT2D eigenvalue weighted by Gasteiger charge is -2.05. The molecule has 0 fully saturated rings. The van der Waals surface area contributed by atoms with Crippen molar-refractivity contribution in [3.8, 4) is 0 Å². The van der Waals surface area contributed by atoms with Gasteiger partial charge in [0.05, 0.1) is 4.88 Å². The molecule has 94 valence electrons. The van der Waals surface area contributed by atoms with E-state index in [1.54, 1.807) is 6.92 Å². The van der Waals surface area contributed by atoms with Crippen LogP contribution in [0.1, 0.15) is 25.7 Å². The fraction of sp³-hybridized carbons (Fsp3) is 0.154. The molecule has 2 aromatic rings. The van der Waals surface area contributed by atoms with E-state index in [0.29, 0.717) is 4.88 Å². The monoisotopic (exact) mass is 267 g/mol. The third kappa shape index (κ3) is 2.13. The predicted octanol–water partition coefficient (Wildman–Crippen LogP) is 3.46. The normalized spacial score (nSPS) is 10.7. The maximum atomic E-state index is 13.2. The van der Waals surface area contributed by atoms with Crippen molar-refractivity contribution in [3.63, 3.8) is 0 Å². The van der Waals surface area contributed by atoms with Gasteiger partial charge in [-0.2, -0.15) is 0 Å². The molecular weight excluding hydrogens is 256 g/mol. The number of hydrogen-bond acceptors (Lipinski definition) is 3. The number of halogens is 2. The van der Waals surface area contributed by atoms with Crippen LogP contribution in [-0.4, -0.2) is 5.78 Å². The first-order valence-electron chi connectivity index (χ1n) is 5.26. The number of rotatable bonds is 2. The lowest BCUT2D eigenvalue weighted by atomic mass is 10.0. The second-order valence-electron chi connectivity index (χ2n) is 4.05. The molecule has 0 saturated heterocycles. The smallest absolute Gasteiger partial charge is 0.205 e. The molecule has 1 aromatic heterocycles. The lowest BCUT2D eigenvalue weighted by Crippen LogP contribution is -2.06. The van der Waals surface area contributed by atoms with Crippen molar-refractivity contribution in [1.29, 1.82) is 0 Å². The molecule has 0 aliphatic heterocycles. The van der Waals surface area contributed by atoms with Gasteiger partial charge in [-0.3, -0.25) is 4.79 Å². The number of benzene rings is 1. The van der Waals surface area contributed by atoms with Crippen LogP contribution in [0.2, 0.25) is 0 Å². The molecule has 0 bridgehead atoms. The van der Waals surface area contributed by atoms with Gasteiger partial charge in [-0.05, 0) is 31.5 Å². The lowest BCUT2D eigenvalue weighted by molar-refractivity contribution is 0.104. The molecule has 18 heavy (non-hydrogen) atoms. The SMILES string of the molecule is Cc1cc(C)c(C(=O)c2cc(F)c(F)cc2N)s1. The highest BCUT2D eigenvalue weighted by Gasteiger charge is 2.19. The van der Waals surface area contributed by atoms with E-state index in [-0.39, 0.29) is 17.0 Å². The minimum Gasteiger partial charge on any atom is -0.398 e. The number of aryl methyl sites for hydroxylation is 2. The predicted molar refractivity (Wildman–Crippen MR) is 68.0 cm³/mol. The second-order valence-corrected chi connectivity index (χ2v) is 5.31.